The van der Waals surface area contributed by atoms with E-state index in [4.69, 9.17) is 17.3 Å². The van der Waals surface area contributed by atoms with Crippen molar-refractivity contribution in [2.45, 2.75) is 18.0 Å². The number of hydrogen-bond acceptors (Lipinski definition) is 5. The smallest absolute Gasteiger partial charge is 0.241 e. The first-order chi connectivity index (χ1) is 9.44. The van der Waals surface area contributed by atoms with E-state index in [0.717, 1.165) is 0 Å². The molecule has 0 saturated heterocycles. The third-order valence-electron chi connectivity index (χ3n) is 2.78. The molecule has 7 nitrogen and oxygen atoms in total. The fourth-order valence-electron chi connectivity index (χ4n) is 1.57. The molecule has 0 unspecified atom stereocenters. The zero-order valence-corrected chi connectivity index (χ0v) is 12.3. The van der Waals surface area contributed by atoms with Crippen LogP contribution in [0, 0.1) is 0 Å². The second kappa shape index (κ2) is 5.88. The van der Waals surface area contributed by atoms with Gasteiger partial charge in [0, 0.05) is 18.6 Å². The second-order valence-corrected chi connectivity index (χ2v) is 6.31. The van der Waals surface area contributed by atoms with E-state index in [9.17, 15) is 8.42 Å². The van der Waals surface area contributed by atoms with Crippen LogP contribution in [-0.4, -0.2) is 23.2 Å². The lowest BCUT2D eigenvalue weighted by atomic mass is 10.2. The fraction of sp³-hybridized carbons (Fsp3) is 0.273. The highest BCUT2D eigenvalue weighted by Crippen LogP contribution is 2.20. The molecule has 0 amide bonds. The molecule has 108 valence electrons. The van der Waals surface area contributed by atoms with Gasteiger partial charge in [0.1, 0.15) is 12.2 Å². The Morgan fingerprint density at radius 1 is 1.45 bits per heavy atom. The van der Waals surface area contributed by atoms with Crippen molar-refractivity contribution in [1.82, 2.24) is 19.5 Å². The van der Waals surface area contributed by atoms with Crippen molar-refractivity contribution in [3.63, 3.8) is 0 Å². The van der Waals surface area contributed by atoms with Crippen LogP contribution in [0.25, 0.3) is 0 Å². The monoisotopic (exact) mass is 315 g/mol. The maximum Gasteiger partial charge on any atom is 0.241 e. The minimum Gasteiger partial charge on any atom is -0.326 e. The molecule has 0 bridgehead atoms. The van der Waals surface area contributed by atoms with E-state index in [1.54, 1.807) is 17.7 Å². The van der Waals surface area contributed by atoms with E-state index in [0.29, 0.717) is 16.4 Å². The van der Waals surface area contributed by atoms with Crippen molar-refractivity contribution in [1.29, 1.82) is 0 Å². The van der Waals surface area contributed by atoms with Crippen LogP contribution in [0.5, 0.6) is 0 Å². The van der Waals surface area contributed by atoms with Crippen LogP contribution < -0.4 is 10.5 Å². The average Bonchev–Trinajstić information content (AvgIpc) is 2.82. The average molecular weight is 316 g/mol. The lowest BCUT2D eigenvalue weighted by Crippen LogP contribution is -2.24. The van der Waals surface area contributed by atoms with Gasteiger partial charge in [0.25, 0.3) is 0 Å². The lowest BCUT2D eigenvalue weighted by Gasteiger charge is -2.08. The molecule has 2 aromatic rings. The zero-order valence-electron chi connectivity index (χ0n) is 10.7. The Morgan fingerprint density at radius 2 is 2.20 bits per heavy atom. The van der Waals surface area contributed by atoms with E-state index >= 15 is 0 Å². The number of nitrogens with one attached hydrogen (secondary N) is 1. The highest BCUT2D eigenvalue weighted by molar-refractivity contribution is 7.89. The van der Waals surface area contributed by atoms with Crippen LogP contribution in [0.15, 0.2) is 29.4 Å². The lowest BCUT2D eigenvalue weighted by molar-refractivity contribution is 0.577. The molecule has 20 heavy (non-hydrogen) atoms. The molecule has 1 heterocycles. The maximum absolute atomic E-state index is 12.1. The third kappa shape index (κ3) is 3.15. The quantitative estimate of drug-likeness (QED) is 0.831. The van der Waals surface area contributed by atoms with Gasteiger partial charge in [0.05, 0.1) is 11.4 Å². The zero-order chi connectivity index (χ0) is 14.8. The number of benzene rings is 1. The Hall–Kier alpha value is -1.48. The normalized spacial score (nSPS) is 11.8. The van der Waals surface area contributed by atoms with E-state index in [1.165, 1.54) is 18.5 Å². The summed E-state index contributed by atoms with van der Waals surface area (Å²) >= 11 is 5.96. The summed E-state index contributed by atoms with van der Waals surface area (Å²) in [5.74, 6) is 0.512. The van der Waals surface area contributed by atoms with Crippen molar-refractivity contribution >= 4 is 21.6 Å². The number of nitrogens with two attached hydrogens (primary N) is 1. The van der Waals surface area contributed by atoms with E-state index in [-0.39, 0.29) is 18.0 Å². The molecule has 0 atom stereocenters. The van der Waals surface area contributed by atoms with Gasteiger partial charge in [-0.1, -0.05) is 17.7 Å². The SMILES string of the molecule is Cn1cnnc1CNS(=O)(=O)c1ccc(CN)c(Cl)c1. The molecule has 0 saturated carbocycles. The van der Waals surface area contributed by atoms with Crippen molar-refractivity contribution in [3.05, 3.63) is 40.9 Å². The van der Waals surface area contributed by atoms with Gasteiger partial charge < -0.3 is 10.3 Å². The summed E-state index contributed by atoms with van der Waals surface area (Å²) in [6, 6.07) is 4.44. The van der Waals surface area contributed by atoms with Crippen molar-refractivity contribution in [2.24, 2.45) is 12.8 Å². The first-order valence-corrected chi connectivity index (χ1v) is 7.61. The molecule has 0 aliphatic rings. The standard InChI is InChI=1S/C11H14ClN5O2S/c1-17-7-14-16-11(17)6-15-20(18,19)9-3-2-8(5-13)10(12)4-9/h2-4,7,15H,5-6,13H2,1H3. The Bertz CT molecular complexity index is 713. The fourth-order valence-corrected chi connectivity index (χ4v) is 2.90. The molecule has 0 spiro atoms. The summed E-state index contributed by atoms with van der Waals surface area (Å²) in [5, 5.41) is 7.80. The predicted molar refractivity (Wildman–Crippen MR) is 74.4 cm³/mol. The van der Waals surface area contributed by atoms with Gasteiger partial charge >= 0.3 is 0 Å². The largest absolute Gasteiger partial charge is 0.326 e. The van der Waals surface area contributed by atoms with Crippen LogP contribution in [0.1, 0.15) is 11.4 Å². The van der Waals surface area contributed by atoms with Gasteiger partial charge in [0.15, 0.2) is 0 Å². The topological polar surface area (TPSA) is 103 Å². The summed E-state index contributed by atoms with van der Waals surface area (Å²) < 4.78 is 28.3. The Balaban J connectivity index is 2.18. The number of aromatic nitrogens is 3. The van der Waals surface area contributed by atoms with Gasteiger partial charge in [-0.2, -0.15) is 0 Å². The van der Waals surface area contributed by atoms with Crippen LogP contribution in [0.2, 0.25) is 5.02 Å². The maximum atomic E-state index is 12.1. The number of halogens is 1. The predicted octanol–water partition coefficient (Wildman–Crippen LogP) is 0.406. The van der Waals surface area contributed by atoms with Gasteiger partial charge in [-0.3, -0.25) is 0 Å². The molecule has 1 aromatic heterocycles. The number of sulfonamides is 1. The Kier molecular flexibility index (Phi) is 4.39. The number of rotatable bonds is 5. The molecule has 0 fully saturated rings. The minimum absolute atomic E-state index is 0.0507. The van der Waals surface area contributed by atoms with Crippen LogP contribution in [0.4, 0.5) is 0 Å². The number of aryl methyl sites for hydroxylation is 1. The van der Waals surface area contributed by atoms with E-state index in [2.05, 4.69) is 14.9 Å². The molecule has 2 rings (SSSR count). The molecule has 0 aliphatic carbocycles. The number of nitrogens with zero attached hydrogens (tertiary/aromatic N) is 3. The van der Waals surface area contributed by atoms with Crippen LogP contribution >= 0.6 is 11.6 Å². The first kappa shape index (κ1) is 14.9. The molecule has 9 heteroatoms. The van der Waals surface area contributed by atoms with E-state index in [1.807, 2.05) is 0 Å². The highest BCUT2D eigenvalue weighted by atomic mass is 35.5. The molecular weight excluding hydrogens is 302 g/mol. The molecular formula is C11H14ClN5O2S. The van der Waals surface area contributed by atoms with E-state index < -0.39 is 10.0 Å². The third-order valence-corrected chi connectivity index (χ3v) is 4.53. The van der Waals surface area contributed by atoms with Gasteiger partial charge in [-0.25, -0.2) is 13.1 Å². The molecule has 0 radical (unpaired) electrons. The van der Waals surface area contributed by atoms with Crippen molar-refractivity contribution < 1.29 is 8.42 Å². The van der Waals surface area contributed by atoms with Crippen LogP contribution in [-0.2, 0) is 30.2 Å². The van der Waals surface area contributed by atoms with Gasteiger partial charge in [0.2, 0.25) is 10.0 Å². The molecule has 1 aromatic carbocycles. The Labute approximate surface area is 121 Å². The van der Waals surface area contributed by atoms with Gasteiger partial charge in [-0.15, -0.1) is 10.2 Å². The van der Waals surface area contributed by atoms with Crippen LogP contribution in [0.3, 0.4) is 0 Å². The second-order valence-electron chi connectivity index (χ2n) is 4.14. The summed E-state index contributed by atoms with van der Waals surface area (Å²) in [6.07, 6.45) is 1.50. The molecule has 0 aliphatic heterocycles. The summed E-state index contributed by atoms with van der Waals surface area (Å²) in [7, 11) is -1.92. The first-order valence-electron chi connectivity index (χ1n) is 5.75. The Morgan fingerprint density at radius 3 is 2.75 bits per heavy atom. The van der Waals surface area contributed by atoms with Crippen molar-refractivity contribution in [2.75, 3.05) is 0 Å². The minimum atomic E-state index is -3.66. The summed E-state index contributed by atoms with van der Waals surface area (Å²) in [6.45, 7) is 0.306. The molecule has 3 N–H and O–H groups in total. The van der Waals surface area contributed by atoms with Crippen molar-refractivity contribution in [3.8, 4) is 0 Å². The van der Waals surface area contributed by atoms with Gasteiger partial charge in [-0.05, 0) is 17.7 Å². The number of hydrogen-bond donors (Lipinski definition) is 2. The summed E-state index contributed by atoms with van der Waals surface area (Å²) in [5.41, 5.74) is 6.18. The summed E-state index contributed by atoms with van der Waals surface area (Å²) in [4.78, 5) is 0.0851. The highest BCUT2D eigenvalue weighted by Gasteiger charge is 2.16.